The lowest BCUT2D eigenvalue weighted by Crippen LogP contribution is -2.36. The van der Waals surface area contributed by atoms with Gasteiger partial charge in [-0.1, -0.05) is 6.42 Å². The standard InChI is InChI=1S/C19H23NO2/c1-13-5-2-3-8-20(13)12-16-11-19(21)22-18-10-15-7-4-6-14(15)9-17(16)18/h9-11,13H,2-8,12H2,1H3/t13-/m0/s1. The minimum atomic E-state index is -0.217. The number of benzene rings is 1. The number of hydrogen-bond donors (Lipinski definition) is 0. The molecule has 0 amide bonds. The summed E-state index contributed by atoms with van der Waals surface area (Å²) in [5.41, 5.74) is 4.49. The molecular weight excluding hydrogens is 274 g/mol. The van der Waals surface area contributed by atoms with E-state index in [1.54, 1.807) is 6.07 Å². The van der Waals surface area contributed by atoms with E-state index in [0.717, 1.165) is 42.5 Å². The van der Waals surface area contributed by atoms with Crippen molar-refractivity contribution in [1.82, 2.24) is 4.90 Å². The monoisotopic (exact) mass is 297 g/mol. The quantitative estimate of drug-likeness (QED) is 0.793. The second kappa shape index (κ2) is 5.54. The van der Waals surface area contributed by atoms with Gasteiger partial charge in [0.1, 0.15) is 5.58 Å². The fourth-order valence-electron chi connectivity index (χ4n) is 4.04. The molecule has 22 heavy (non-hydrogen) atoms. The summed E-state index contributed by atoms with van der Waals surface area (Å²) in [6.07, 6.45) is 7.33. The van der Waals surface area contributed by atoms with Crippen LogP contribution in [0.2, 0.25) is 0 Å². The second-order valence-corrected chi connectivity index (χ2v) is 6.88. The lowest BCUT2D eigenvalue weighted by Gasteiger charge is -2.33. The van der Waals surface area contributed by atoms with Crippen LogP contribution in [0.3, 0.4) is 0 Å². The van der Waals surface area contributed by atoms with Gasteiger partial charge in [-0.2, -0.15) is 0 Å². The highest BCUT2D eigenvalue weighted by Crippen LogP contribution is 2.29. The maximum Gasteiger partial charge on any atom is 0.336 e. The Morgan fingerprint density at radius 1 is 1.14 bits per heavy atom. The molecule has 1 aliphatic heterocycles. The van der Waals surface area contributed by atoms with E-state index in [-0.39, 0.29) is 5.63 Å². The average Bonchev–Trinajstić information content (AvgIpc) is 2.95. The van der Waals surface area contributed by atoms with Crippen LogP contribution in [0.25, 0.3) is 11.0 Å². The molecule has 1 aromatic carbocycles. The summed E-state index contributed by atoms with van der Waals surface area (Å²) in [7, 11) is 0. The molecule has 0 N–H and O–H groups in total. The lowest BCUT2D eigenvalue weighted by molar-refractivity contribution is 0.153. The van der Waals surface area contributed by atoms with Gasteiger partial charge in [0.15, 0.2) is 0 Å². The molecule has 116 valence electrons. The van der Waals surface area contributed by atoms with Gasteiger partial charge < -0.3 is 4.42 Å². The van der Waals surface area contributed by atoms with E-state index < -0.39 is 0 Å². The second-order valence-electron chi connectivity index (χ2n) is 6.88. The van der Waals surface area contributed by atoms with E-state index >= 15 is 0 Å². The molecule has 1 saturated heterocycles. The summed E-state index contributed by atoms with van der Waals surface area (Å²) in [6, 6.07) is 6.67. The van der Waals surface area contributed by atoms with Gasteiger partial charge in [0, 0.05) is 24.0 Å². The summed E-state index contributed by atoms with van der Waals surface area (Å²) < 4.78 is 5.47. The van der Waals surface area contributed by atoms with Crippen LogP contribution in [0.15, 0.2) is 27.4 Å². The molecular formula is C19H23NO2. The third kappa shape index (κ3) is 2.48. The first kappa shape index (κ1) is 14.0. The van der Waals surface area contributed by atoms with Crippen molar-refractivity contribution in [2.75, 3.05) is 6.54 Å². The zero-order valence-corrected chi connectivity index (χ0v) is 13.2. The third-order valence-electron chi connectivity index (χ3n) is 5.36. The predicted octanol–water partition coefficient (Wildman–Crippen LogP) is 3.66. The largest absolute Gasteiger partial charge is 0.423 e. The number of hydrogen-bond acceptors (Lipinski definition) is 3. The summed E-state index contributed by atoms with van der Waals surface area (Å²) in [5, 5.41) is 1.14. The van der Waals surface area contributed by atoms with Gasteiger partial charge in [-0.3, -0.25) is 4.90 Å². The molecule has 0 saturated carbocycles. The number of piperidine rings is 1. The molecule has 0 bridgehead atoms. The highest BCUT2D eigenvalue weighted by molar-refractivity contribution is 5.82. The molecule has 4 rings (SSSR count). The molecule has 0 spiro atoms. The van der Waals surface area contributed by atoms with Crippen LogP contribution in [-0.4, -0.2) is 17.5 Å². The van der Waals surface area contributed by atoms with Crippen molar-refractivity contribution >= 4 is 11.0 Å². The van der Waals surface area contributed by atoms with Gasteiger partial charge in [0.05, 0.1) is 0 Å². The maximum absolute atomic E-state index is 11.9. The Bertz CT molecular complexity index is 762. The molecule has 1 aliphatic carbocycles. The molecule has 1 fully saturated rings. The van der Waals surface area contributed by atoms with Crippen molar-refractivity contribution in [2.45, 2.75) is 58.0 Å². The van der Waals surface area contributed by atoms with Crippen molar-refractivity contribution in [2.24, 2.45) is 0 Å². The van der Waals surface area contributed by atoms with E-state index in [1.165, 1.54) is 36.8 Å². The average molecular weight is 297 g/mol. The molecule has 2 aliphatic rings. The van der Waals surface area contributed by atoms with Crippen molar-refractivity contribution in [3.05, 3.63) is 45.3 Å². The Balaban J connectivity index is 1.77. The Hall–Kier alpha value is -1.61. The molecule has 0 radical (unpaired) electrons. The van der Waals surface area contributed by atoms with Crippen LogP contribution < -0.4 is 5.63 Å². The highest BCUT2D eigenvalue weighted by atomic mass is 16.4. The van der Waals surface area contributed by atoms with Crippen LogP contribution in [-0.2, 0) is 19.4 Å². The predicted molar refractivity (Wildman–Crippen MR) is 88.2 cm³/mol. The van der Waals surface area contributed by atoms with E-state index in [2.05, 4.69) is 24.0 Å². The summed E-state index contributed by atoms with van der Waals surface area (Å²) in [5.74, 6) is 0. The zero-order chi connectivity index (χ0) is 15.1. The normalized spacial score (nSPS) is 22.1. The van der Waals surface area contributed by atoms with Crippen LogP contribution >= 0.6 is 0 Å². The van der Waals surface area contributed by atoms with Gasteiger partial charge in [0.2, 0.25) is 0 Å². The number of fused-ring (bicyclic) bond motifs is 2. The van der Waals surface area contributed by atoms with Crippen molar-refractivity contribution in [3.8, 4) is 0 Å². The van der Waals surface area contributed by atoms with E-state index in [1.807, 2.05) is 0 Å². The SMILES string of the molecule is C[C@H]1CCCCN1Cc1cc(=O)oc2cc3c(cc12)CCC3. The van der Waals surface area contributed by atoms with Crippen molar-refractivity contribution < 1.29 is 4.42 Å². The molecule has 2 aromatic rings. The minimum Gasteiger partial charge on any atom is -0.423 e. The molecule has 1 aromatic heterocycles. The number of rotatable bonds is 2. The van der Waals surface area contributed by atoms with Gasteiger partial charge in [-0.05, 0) is 74.4 Å². The summed E-state index contributed by atoms with van der Waals surface area (Å²) in [6.45, 7) is 4.29. The lowest BCUT2D eigenvalue weighted by atomic mass is 10.00. The van der Waals surface area contributed by atoms with Crippen LogP contribution in [0.5, 0.6) is 0 Å². The van der Waals surface area contributed by atoms with Crippen LogP contribution in [0.1, 0.15) is 49.3 Å². The maximum atomic E-state index is 11.9. The first-order valence-electron chi connectivity index (χ1n) is 8.53. The fraction of sp³-hybridized carbons (Fsp3) is 0.526. The zero-order valence-electron chi connectivity index (χ0n) is 13.2. The highest BCUT2D eigenvalue weighted by Gasteiger charge is 2.21. The van der Waals surface area contributed by atoms with E-state index in [4.69, 9.17) is 4.42 Å². The molecule has 0 unspecified atom stereocenters. The van der Waals surface area contributed by atoms with Gasteiger partial charge >= 0.3 is 5.63 Å². The van der Waals surface area contributed by atoms with E-state index in [0.29, 0.717) is 6.04 Å². The Labute approximate surface area is 130 Å². The molecule has 3 nitrogen and oxygen atoms in total. The first-order valence-corrected chi connectivity index (χ1v) is 8.53. The molecule has 3 heteroatoms. The summed E-state index contributed by atoms with van der Waals surface area (Å²) in [4.78, 5) is 14.4. The van der Waals surface area contributed by atoms with Crippen LogP contribution in [0, 0.1) is 0 Å². The minimum absolute atomic E-state index is 0.217. The van der Waals surface area contributed by atoms with E-state index in [9.17, 15) is 4.79 Å². The first-order chi connectivity index (χ1) is 10.7. The fourth-order valence-corrected chi connectivity index (χ4v) is 4.04. The Kier molecular flexibility index (Phi) is 3.53. The smallest absolute Gasteiger partial charge is 0.336 e. The Morgan fingerprint density at radius 3 is 2.77 bits per heavy atom. The summed E-state index contributed by atoms with van der Waals surface area (Å²) >= 11 is 0. The van der Waals surface area contributed by atoms with Crippen molar-refractivity contribution in [1.29, 1.82) is 0 Å². The van der Waals surface area contributed by atoms with Gasteiger partial charge in [-0.15, -0.1) is 0 Å². The Morgan fingerprint density at radius 2 is 1.95 bits per heavy atom. The number of aryl methyl sites for hydroxylation is 2. The molecule has 2 heterocycles. The topological polar surface area (TPSA) is 33.5 Å². The number of nitrogens with zero attached hydrogens (tertiary/aromatic N) is 1. The third-order valence-corrected chi connectivity index (χ3v) is 5.36. The number of likely N-dealkylation sites (tertiary alicyclic amines) is 1. The van der Waals surface area contributed by atoms with Gasteiger partial charge in [0.25, 0.3) is 0 Å². The molecule has 1 atom stereocenters. The van der Waals surface area contributed by atoms with Crippen molar-refractivity contribution in [3.63, 3.8) is 0 Å². The van der Waals surface area contributed by atoms with Crippen LogP contribution in [0.4, 0.5) is 0 Å². The van der Waals surface area contributed by atoms with Gasteiger partial charge in [-0.25, -0.2) is 4.79 Å².